The van der Waals surface area contributed by atoms with Crippen LogP contribution in [-0.4, -0.2) is 80.8 Å². The Morgan fingerprint density at radius 1 is 1.13 bits per heavy atom. The van der Waals surface area contributed by atoms with Gasteiger partial charge in [0.2, 0.25) is 5.91 Å². The van der Waals surface area contributed by atoms with Crippen molar-refractivity contribution in [3.63, 3.8) is 0 Å². The zero-order valence-corrected chi connectivity index (χ0v) is 17.8. The fourth-order valence-corrected chi connectivity index (χ4v) is 3.91. The van der Waals surface area contributed by atoms with Crippen LogP contribution in [0.15, 0.2) is 18.2 Å². The predicted molar refractivity (Wildman–Crippen MR) is 109 cm³/mol. The molecule has 8 nitrogen and oxygen atoms in total. The second kappa shape index (κ2) is 9.92. The number of nitrogens with zero attached hydrogens (tertiary/aromatic N) is 3. The van der Waals surface area contributed by atoms with Crippen LogP contribution in [0.25, 0.3) is 0 Å². The van der Waals surface area contributed by atoms with E-state index in [1.807, 2.05) is 0 Å². The quantitative estimate of drug-likeness (QED) is 0.695. The fraction of sp³-hybridized carbons (Fsp3) is 0.591. The lowest BCUT2D eigenvalue weighted by atomic mass is 9.99. The molecular formula is C22H29N3O5. The summed E-state index contributed by atoms with van der Waals surface area (Å²) in [5, 5.41) is 9.53. The standard InChI is InChI=1S/C22H29N3O5/c1-24-11-9-16-7-8-18(28-3)19(30-16)14-29-21-15(13-23)5-4-6-17(21)22(27)25(2)12-10-20(24)26/h4-6,16,18-19H,7-12,14H2,1-3H3/t16-,18-,19-/m0/s1. The number of carbonyl (C=O) groups excluding carboxylic acids is 2. The Morgan fingerprint density at radius 3 is 2.67 bits per heavy atom. The molecule has 0 spiro atoms. The molecule has 0 aromatic heterocycles. The van der Waals surface area contributed by atoms with Crippen LogP contribution in [0, 0.1) is 11.3 Å². The molecule has 3 rings (SSSR count). The second-order valence-corrected chi connectivity index (χ2v) is 7.83. The lowest BCUT2D eigenvalue weighted by molar-refractivity contribution is -0.145. The number of benzene rings is 1. The third-order valence-electron chi connectivity index (χ3n) is 5.84. The molecule has 162 valence electrons. The first-order chi connectivity index (χ1) is 14.4. The summed E-state index contributed by atoms with van der Waals surface area (Å²) in [6.07, 6.45) is 2.16. The molecule has 2 aliphatic heterocycles. The first-order valence-electron chi connectivity index (χ1n) is 10.3. The van der Waals surface area contributed by atoms with Gasteiger partial charge >= 0.3 is 0 Å². The number of para-hydroxylation sites is 1. The smallest absolute Gasteiger partial charge is 0.257 e. The molecule has 0 saturated carbocycles. The summed E-state index contributed by atoms with van der Waals surface area (Å²) in [7, 11) is 5.06. The first-order valence-corrected chi connectivity index (χ1v) is 10.3. The van der Waals surface area contributed by atoms with E-state index in [1.54, 1.807) is 44.3 Å². The van der Waals surface area contributed by atoms with Crippen LogP contribution in [0.5, 0.6) is 5.75 Å². The monoisotopic (exact) mass is 415 g/mol. The van der Waals surface area contributed by atoms with E-state index in [0.29, 0.717) is 12.1 Å². The Morgan fingerprint density at radius 2 is 1.93 bits per heavy atom. The number of rotatable bonds is 1. The van der Waals surface area contributed by atoms with E-state index in [2.05, 4.69) is 6.07 Å². The Balaban J connectivity index is 1.93. The molecule has 0 N–H and O–H groups in total. The highest BCUT2D eigenvalue weighted by Crippen LogP contribution is 2.29. The van der Waals surface area contributed by atoms with Gasteiger partial charge in [-0.2, -0.15) is 5.26 Å². The highest BCUT2D eigenvalue weighted by Gasteiger charge is 2.33. The normalized spacial score (nSPS) is 26.1. The van der Waals surface area contributed by atoms with Crippen molar-refractivity contribution in [1.29, 1.82) is 5.26 Å². The number of nitriles is 1. The summed E-state index contributed by atoms with van der Waals surface area (Å²) in [5.41, 5.74) is 0.587. The maximum absolute atomic E-state index is 13.0. The highest BCUT2D eigenvalue weighted by atomic mass is 16.6. The van der Waals surface area contributed by atoms with Crippen molar-refractivity contribution < 1.29 is 23.8 Å². The third kappa shape index (κ3) is 4.91. The van der Waals surface area contributed by atoms with Crippen LogP contribution in [0.4, 0.5) is 0 Å². The van der Waals surface area contributed by atoms with Crippen molar-refractivity contribution in [2.45, 2.75) is 44.0 Å². The molecule has 1 aromatic rings. The largest absolute Gasteiger partial charge is 0.489 e. The van der Waals surface area contributed by atoms with Gasteiger partial charge in [-0.3, -0.25) is 9.59 Å². The molecule has 8 heteroatoms. The Kier molecular flexibility index (Phi) is 7.29. The average molecular weight is 415 g/mol. The fourth-order valence-electron chi connectivity index (χ4n) is 3.91. The van der Waals surface area contributed by atoms with E-state index in [-0.39, 0.29) is 61.0 Å². The third-order valence-corrected chi connectivity index (χ3v) is 5.84. The maximum atomic E-state index is 13.0. The minimum Gasteiger partial charge on any atom is -0.489 e. The van der Waals surface area contributed by atoms with Gasteiger partial charge in [-0.1, -0.05) is 6.07 Å². The number of fused-ring (bicyclic) bond motifs is 3. The average Bonchev–Trinajstić information content (AvgIpc) is 2.77. The van der Waals surface area contributed by atoms with Crippen LogP contribution < -0.4 is 4.74 Å². The van der Waals surface area contributed by atoms with E-state index in [0.717, 1.165) is 19.3 Å². The van der Waals surface area contributed by atoms with Crippen molar-refractivity contribution in [2.24, 2.45) is 0 Å². The van der Waals surface area contributed by atoms with Gasteiger partial charge in [-0.25, -0.2) is 0 Å². The molecule has 1 saturated heterocycles. The van der Waals surface area contributed by atoms with Crippen LogP contribution >= 0.6 is 0 Å². The van der Waals surface area contributed by atoms with Crippen molar-refractivity contribution in [1.82, 2.24) is 9.80 Å². The number of carbonyl (C=O) groups is 2. The molecule has 2 bridgehead atoms. The van der Waals surface area contributed by atoms with Crippen LogP contribution in [-0.2, 0) is 14.3 Å². The molecule has 0 aliphatic carbocycles. The highest BCUT2D eigenvalue weighted by molar-refractivity contribution is 5.97. The molecule has 1 fully saturated rings. The maximum Gasteiger partial charge on any atom is 0.257 e. The number of hydrogen-bond donors (Lipinski definition) is 0. The number of amides is 2. The summed E-state index contributed by atoms with van der Waals surface area (Å²) in [4.78, 5) is 28.7. The van der Waals surface area contributed by atoms with Gasteiger partial charge in [-0.15, -0.1) is 0 Å². The van der Waals surface area contributed by atoms with Crippen molar-refractivity contribution in [3.05, 3.63) is 29.3 Å². The molecular weight excluding hydrogens is 386 g/mol. The zero-order valence-electron chi connectivity index (χ0n) is 17.8. The Bertz CT molecular complexity index is 821. The molecule has 0 radical (unpaired) electrons. The Hall–Kier alpha value is -2.63. The van der Waals surface area contributed by atoms with Crippen molar-refractivity contribution in [2.75, 3.05) is 40.9 Å². The number of methoxy groups -OCH3 is 1. The van der Waals surface area contributed by atoms with Crippen LogP contribution in [0.1, 0.15) is 41.6 Å². The van der Waals surface area contributed by atoms with E-state index in [1.165, 1.54) is 4.90 Å². The van der Waals surface area contributed by atoms with Crippen molar-refractivity contribution in [3.8, 4) is 11.8 Å². The van der Waals surface area contributed by atoms with Gasteiger partial charge in [0.15, 0.2) is 0 Å². The molecule has 1 aromatic carbocycles. The summed E-state index contributed by atoms with van der Waals surface area (Å²) < 4.78 is 17.8. The minimum atomic E-state index is -0.327. The number of ether oxygens (including phenoxy) is 3. The topological polar surface area (TPSA) is 92.1 Å². The molecule has 0 unspecified atom stereocenters. The van der Waals surface area contributed by atoms with Crippen molar-refractivity contribution >= 4 is 11.8 Å². The van der Waals surface area contributed by atoms with E-state index in [4.69, 9.17) is 14.2 Å². The molecule has 3 atom stereocenters. The molecule has 30 heavy (non-hydrogen) atoms. The van der Waals surface area contributed by atoms with Crippen LogP contribution in [0.3, 0.4) is 0 Å². The number of hydrogen-bond acceptors (Lipinski definition) is 6. The second-order valence-electron chi connectivity index (χ2n) is 7.83. The van der Waals surface area contributed by atoms with E-state index >= 15 is 0 Å². The summed E-state index contributed by atoms with van der Waals surface area (Å²) in [6.45, 7) is 1.05. The lowest BCUT2D eigenvalue weighted by Crippen LogP contribution is -2.44. The van der Waals surface area contributed by atoms with Gasteiger partial charge in [0.1, 0.15) is 24.5 Å². The van der Waals surface area contributed by atoms with Gasteiger partial charge in [0.25, 0.3) is 5.91 Å². The SMILES string of the molecule is CO[C@H]1CC[C@H]2CCN(C)C(=O)CCN(C)C(=O)c3cccc(C#N)c3OC[C@@H]1O2. The van der Waals surface area contributed by atoms with Gasteiger partial charge in [0, 0.05) is 40.7 Å². The molecule has 2 heterocycles. The van der Waals surface area contributed by atoms with Gasteiger partial charge in [0.05, 0.1) is 23.3 Å². The van der Waals surface area contributed by atoms with Gasteiger partial charge in [-0.05, 0) is 31.4 Å². The van der Waals surface area contributed by atoms with Gasteiger partial charge < -0.3 is 24.0 Å². The van der Waals surface area contributed by atoms with E-state index < -0.39 is 0 Å². The Labute approximate surface area is 177 Å². The summed E-state index contributed by atoms with van der Waals surface area (Å²) in [5.74, 6) is -0.0669. The lowest BCUT2D eigenvalue weighted by Gasteiger charge is -2.36. The summed E-state index contributed by atoms with van der Waals surface area (Å²) >= 11 is 0. The molecule has 2 amide bonds. The van der Waals surface area contributed by atoms with E-state index in [9.17, 15) is 14.9 Å². The predicted octanol–water partition coefficient (Wildman–Crippen LogP) is 1.82. The molecule has 2 aliphatic rings. The summed E-state index contributed by atoms with van der Waals surface area (Å²) in [6, 6.07) is 7.02. The minimum absolute atomic E-state index is 0.000338. The first kappa shape index (κ1) is 22.1. The zero-order chi connectivity index (χ0) is 21.7. The van der Waals surface area contributed by atoms with Crippen LogP contribution in [0.2, 0.25) is 0 Å².